The average molecular weight is 169 g/mol. The molecule has 0 aromatic heterocycles. The number of rotatable bonds is 1. The molecule has 1 rings (SSSR count). The Hall–Kier alpha value is -1.19. The van der Waals surface area contributed by atoms with Gasteiger partial charge < -0.3 is 9.69 Å². The first-order chi connectivity index (χ1) is 5.65. The summed E-state index contributed by atoms with van der Waals surface area (Å²) in [6.07, 6.45) is 0.931. The van der Waals surface area contributed by atoms with Gasteiger partial charge in [-0.1, -0.05) is 0 Å². The van der Waals surface area contributed by atoms with Crippen LogP contribution in [0.4, 0.5) is 0 Å². The zero-order valence-corrected chi connectivity index (χ0v) is 6.95. The maximum atomic E-state index is 11.0. The van der Waals surface area contributed by atoms with E-state index in [4.69, 9.17) is 0 Å². The first-order valence-corrected chi connectivity index (χ1v) is 3.88. The van der Waals surface area contributed by atoms with E-state index in [1.807, 2.05) is 0 Å². The van der Waals surface area contributed by atoms with Crippen LogP contribution in [0, 0.1) is 5.92 Å². The first kappa shape index (κ1) is 8.90. The number of piperidine rings is 1. The Kier molecular flexibility index (Phi) is 2.58. The largest absolute Gasteiger partial charge is 0.341 e. The lowest BCUT2D eigenvalue weighted by atomic mass is 9.98. The van der Waals surface area contributed by atoms with Gasteiger partial charge in [-0.25, -0.2) is 0 Å². The van der Waals surface area contributed by atoms with E-state index >= 15 is 0 Å². The summed E-state index contributed by atoms with van der Waals surface area (Å²) in [5.41, 5.74) is 0. The number of hydrogen-bond donors (Lipinski definition) is 0. The molecule has 0 bridgehead atoms. The van der Waals surface area contributed by atoms with Crippen molar-refractivity contribution in [3.05, 3.63) is 0 Å². The van der Waals surface area contributed by atoms with E-state index < -0.39 is 5.92 Å². The lowest BCUT2D eigenvalue weighted by Gasteiger charge is -2.28. The molecule has 4 heteroatoms. The molecular weight excluding hydrogens is 158 g/mol. The van der Waals surface area contributed by atoms with Crippen molar-refractivity contribution in [3.8, 4) is 0 Å². The van der Waals surface area contributed by atoms with Gasteiger partial charge in [0.2, 0.25) is 5.91 Å². The maximum Gasteiger partial charge on any atom is 0.219 e. The van der Waals surface area contributed by atoms with Crippen molar-refractivity contribution in [3.63, 3.8) is 0 Å². The Balaban J connectivity index is 2.61. The third-order valence-corrected chi connectivity index (χ3v) is 2.07. The topological polar surface area (TPSA) is 54.5 Å². The molecule has 0 aromatic rings. The van der Waals surface area contributed by atoms with E-state index in [1.54, 1.807) is 0 Å². The summed E-state index contributed by atoms with van der Waals surface area (Å²) >= 11 is 0. The Morgan fingerprint density at radius 2 is 2.33 bits per heavy atom. The van der Waals surface area contributed by atoms with Crippen LogP contribution in [0.3, 0.4) is 0 Å². The van der Waals surface area contributed by atoms with Crippen molar-refractivity contribution in [1.82, 2.24) is 4.90 Å². The number of Topliss-reactive ketones (excluding diaryl/α,β-unsaturated/α-hetero) is 1. The molecule has 0 radical (unpaired) electrons. The van der Waals surface area contributed by atoms with E-state index in [-0.39, 0.29) is 18.2 Å². The fraction of sp³-hybridized carbons (Fsp3) is 0.625. The van der Waals surface area contributed by atoms with Crippen LogP contribution in [0.2, 0.25) is 0 Å². The number of nitrogens with zero attached hydrogens (tertiary/aromatic N) is 1. The molecule has 0 aliphatic carbocycles. The second-order valence-electron chi connectivity index (χ2n) is 2.92. The molecule has 1 unspecified atom stereocenters. The Morgan fingerprint density at radius 1 is 1.67 bits per heavy atom. The highest BCUT2D eigenvalue weighted by molar-refractivity contribution is 5.95. The number of carbonyl (C=O) groups is 3. The quantitative estimate of drug-likeness (QED) is 0.397. The molecule has 0 aromatic carbocycles. The summed E-state index contributed by atoms with van der Waals surface area (Å²) in [7, 11) is 0. The van der Waals surface area contributed by atoms with Crippen LogP contribution in [-0.4, -0.2) is 36.0 Å². The summed E-state index contributed by atoms with van der Waals surface area (Å²) in [4.78, 5) is 33.8. The van der Waals surface area contributed by atoms with Gasteiger partial charge in [0.05, 0.1) is 5.92 Å². The van der Waals surface area contributed by atoms with Gasteiger partial charge in [0.1, 0.15) is 12.1 Å². The standard InChI is InChI=1S/C8H11NO3/c1-6(11)9-3-2-8(12)7(4-9)5-10/h5,7H,2-4H2,1H3. The molecule has 66 valence electrons. The smallest absolute Gasteiger partial charge is 0.219 e. The second-order valence-corrected chi connectivity index (χ2v) is 2.92. The van der Waals surface area contributed by atoms with E-state index in [0.29, 0.717) is 19.3 Å². The van der Waals surface area contributed by atoms with Crippen LogP contribution in [0.25, 0.3) is 0 Å². The van der Waals surface area contributed by atoms with Crippen LogP contribution in [0.15, 0.2) is 0 Å². The average Bonchev–Trinajstić information content (AvgIpc) is 2.05. The monoisotopic (exact) mass is 169 g/mol. The zero-order valence-electron chi connectivity index (χ0n) is 6.95. The van der Waals surface area contributed by atoms with Crippen molar-refractivity contribution < 1.29 is 14.4 Å². The Morgan fingerprint density at radius 3 is 2.83 bits per heavy atom. The summed E-state index contributed by atoms with van der Waals surface area (Å²) in [6, 6.07) is 0. The highest BCUT2D eigenvalue weighted by Gasteiger charge is 2.27. The molecule has 1 aliphatic rings. The Bertz CT molecular complexity index is 224. The predicted octanol–water partition coefficient (Wildman–Crippen LogP) is -0.377. The second kappa shape index (κ2) is 3.47. The van der Waals surface area contributed by atoms with Gasteiger partial charge in [-0.05, 0) is 0 Å². The number of aldehydes is 1. The minimum absolute atomic E-state index is 0.0532. The van der Waals surface area contributed by atoms with Gasteiger partial charge >= 0.3 is 0 Å². The van der Waals surface area contributed by atoms with E-state index in [9.17, 15) is 14.4 Å². The molecule has 1 aliphatic heterocycles. The highest BCUT2D eigenvalue weighted by atomic mass is 16.2. The normalized spacial score (nSPS) is 23.9. The van der Waals surface area contributed by atoms with Gasteiger partial charge in [0.15, 0.2) is 0 Å². The zero-order chi connectivity index (χ0) is 9.14. The van der Waals surface area contributed by atoms with Gasteiger partial charge in [0, 0.05) is 26.4 Å². The summed E-state index contributed by atoms with van der Waals surface area (Å²) in [6.45, 7) is 2.16. The van der Waals surface area contributed by atoms with Crippen molar-refractivity contribution in [2.75, 3.05) is 13.1 Å². The van der Waals surface area contributed by atoms with Gasteiger partial charge in [-0.15, -0.1) is 0 Å². The molecule has 0 saturated carbocycles. The molecule has 12 heavy (non-hydrogen) atoms. The van der Waals surface area contributed by atoms with Crippen LogP contribution in [0.1, 0.15) is 13.3 Å². The molecule has 1 atom stereocenters. The molecule has 1 heterocycles. The fourth-order valence-electron chi connectivity index (χ4n) is 1.27. The van der Waals surface area contributed by atoms with Gasteiger partial charge in [-0.3, -0.25) is 9.59 Å². The van der Waals surface area contributed by atoms with Crippen LogP contribution in [0.5, 0.6) is 0 Å². The molecule has 0 N–H and O–H groups in total. The van der Waals surface area contributed by atoms with E-state index in [1.165, 1.54) is 11.8 Å². The minimum Gasteiger partial charge on any atom is -0.341 e. The first-order valence-electron chi connectivity index (χ1n) is 3.88. The molecular formula is C8H11NO3. The fourth-order valence-corrected chi connectivity index (χ4v) is 1.27. The lowest BCUT2D eigenvalue weighted by molar-refractivity contribution is -0.137. The summed E-state index contributed by atoms with van der Waals surface area (Å²) < 4.78 is 0. The third kappa shape index (κ3) is 1.69. The number of amides is 1. The molecule has 1 saturated heterocycles. The third-order valence-electron chi connectivity index (χ3n) is 2.07. The minimum atomic E-state index is -0.595. The van der Waals surface area contributed by atoms with Gasteiger partial charge in [-0.2, -0.15) is 0 Å². The molecule has 4 nitrogen and oxygen atoms in total. The predicted molar refractivity (Wildman–Crippen MR) is 41.4 cm³/mol. The Labute approximate surface area is 70.5 Å². The van der Waals surface area contributed by atoms with Crippen molar-refractivity contribution in [2.24, 2.45) is 5.92 Å². The van der Waals surface area contributed by atoms with Crippen LogP contribution < -0.4 is 0 Å². The lowest BCUT2D eigenvalue weighted by Crippen LogP contribution is -2.43. The number of ketones is 1. The van der Waals surface area contributed by atoms with Crippen molar-refractivity contribution >= 4 is 18.0 Å². The summed E-state index contributed by atoms with van der Waals surface area (Å²) in [5.74, 6) is -0.723. The van der Waals surface area contributed by atoms with Crippen LogP contribution >= 0.6 is 0 Å². The highest BCUT2D eigenvalue weighted by Crippen LogP contribution is 2.10. The molecule has 0 spiro atoms. The van der Waals surface area contributed by atoms with E-state index in [2.05, 4.69) is 0 Å². The van der Waals surface area contributed by atoms with Gasteiger partial charge in [0.25, 0.3) is 0 Å². The number of carbonyl (C=O) groups excluding carboxylic acids is 3. The maximum absolute atomic E-state index is 11.0. The van der Waals surface area contributed by atoms with Crippen molar-refractivity contribution in [2.45, 2.75) is 13.3 Å². The van der Waals surface area contributed by atoms with E-state index in [0.717, 1.165) is 0 Å². The summed E-state index contributed by atoms with van der Waals surface area (Å²) in [5, 5.41) is 0. The van der Waals surface area contributed by atoms with Crippen LogP contribution in [-0.2, 0) is 14.4 Å². The number of likely N-dealkylation sites (tertiary alicyclic amines) is 1. The molecule has 1 amide bonds. The number of hydrogen-bond acceptors (Lipinski definition) is 3. The SMILES string of the molecule is CC(=O)N1CCC(=O)C(C=O)C1. The van der Waals surface area contributed by atoms with Crippen molar-refractivity contribution in [1.29, 1.82) is 0 Å². The molecule has 1 fully saturated rings.